The second kappa shape index (κ2) is 7.11. The number of halogens is 1. The molecule has 0 spiro atoms. The van der Waals surface area contributed by atoms with Crippen molar-refractivity contribution < 1.29 is 24.5 Å². The molecule has 104 valence electrons. The Morgan fingerprint density at radius 3 is 2.63 bits per heavy atom. The molecule has 1 rings (SSSR count). The summed E-state index contributed by atoms with van der Waals surface area (Å²) >= 11 is 5.50. The summed E-state index contributed by atoms with van der Waals surface area (Å²) in [5.41, 5.74) is 0.502. The van der Waals surface area contributed by atoms with Crippen molar-refractivity contribution in [3.63, 3.8) is 0 Å². The van der Waals surface area contributed by atoms with Crippen LogP contribution in [0.4, 0.5) is 0 Å². The Labute approximate surface area is 115 Å². The first-order valence-electron chi connectivity index (χ1n) is 5.78. The molecule has 0 radical (unpaired) electrons. The topological polar surface area (TPSA) is 83.8 Å². The summed E-state index contributed by atoms with van der Waals surface area (Å²) in [6, 6.07) is 4.27. The van der Waals surface area contributed by atoms with Gasteiger partial charge in [0.15, 0.2) is 11.9 Å². The fourth-order valence-electron chi connectivity index (χ4n) is 1.58. The number of carboxylic acid groups (broad SMARTS) is 1. The van der Waals surface area contributed by atoms with E-state index in [-0.39, 0.29) is 29.4 Å². The second-order valence-electron chi connectivity index (χ2n) is 3.79. The molecular formula is C13H15ClO5. The highest BCUT2D eigenvalue weighted by Crippen LogP contribution is 2.27. The van der Waals surface area contributed by atoms with Crippen LogP contribution in [0.25, 0.3) is 0 Å². The monoisotopic (exact) mass is 286 g/mol. The van der Waals surface area contributed by atoms with Gasteiger partial charge in [-0.25, -0.2) is 4.79 Å². The zero-order valence-corrected chi connectivity index (χ0v) is 11.2. The Hall–Kier alpha value is -1.59. The van der Waals surface area contributed by atoms with Crippen molar-refractivity contribution in [3.05, 3.63) is 29.3 Å². The molecule has 0 fully saturated rings. The quantitative estimate of drug-likeness (QED) is 0.592. The molecule has 0 bridgehead atoms. The van der Waals surface area contributed by atoms with E-state index in [1.807, 2.05) is 0 Å². The largest absolute Gasteiger partial charge is 0.493 e. The van der Waals surface area contributed by atoms with Gasteiger partial charge in [-0.2, -0.15) is 0 Å². The summed E-state index contributed by atoms with van der Waals surface area (Å²) in [6.45, 7) is 2.02. The predicted octanol–water partition coefficient (Wildman–Crippen LogP) is 2.01. The highest BCUT2D eigenvalue weighted by atomic mass is 35.5. The van der Waals surface area contributed by atoms with Crippen molar-refractivity contribution in [2.75, 3.05) is 12.5 Å². The van der Waals surface area contributed by atoms with Gasteiger partial charge in [0.2, 0.25) is 0 Å². The molecule has 2 N–H and O–H groups in total. The lowest BCUT2D eigenvalue weighted by Gasteiger charge is -2.14. The van der Waals surface area contributed by atoms with E-state index in [1.54, 1.807) is 6.92 Å². The fourth-order valence-corrected chi connectivity index (χ4v) is 1.75. The highest BCUT2D eigenvalue weighted by Gasteiger charge is 2.21. The molecule has 0 aliphatic rings. The zero-order chi connectivity index (χ0) is 14.4. The molecule has 6 heteroatoms. The van der Waals surface area contributed by atoms with E-state index >= 15 is 0 Å². The van der Waals surface area contributed by atoms with Gasteiger partial charge in [-0.3, -0.25) is 4.79 Å². The van der Waals surface area contributed by atoms with E-state index in [4.69, 9.17) is 21.4 Å². The number of carboxylic acids is 1. The lowest BCUT2D eigenvalue weighted by Crippen LogP contribution is -2.13. The van der Waals surface area contributed by atoms with E-state index in [0.717, 1.165) is 0 Å². The van der Waals surface area contributed by atoms with Crippen LogP contribution in [-0.2, 0) is 4.79 Å². The molecule has 0 aliphatic heterocycles. The molecule has 0 heterocycles. The smallest absolute Gasteiger partial charge is 0.337 e. The van der Waals surface area contributed by atoms with E-state index in [0.29, 0.717) is 12.2 Å². The summed E-state index contributed by atoms with van der Waals surface area (Å²) in [5, 5.41) is 18.4. The summed E-state index contributed by atoms with van der Waals surface area (Å²) in [5.74, 6) is -1.13. The van der Waals surface area contributed by atoms with Crippen molar-refractivity contribution in [3.8, 4) is 5.75 Å². The Morgan fingerprint density at radius 2 is 2.11 bits per heavy atom. The zero-order valence-electron chi connectivity index (χ0n) is 10.4. The normalized spacial score (nSPS) is 11.9. The molecule has 1 unspecified atom stereocenters. The van der Waals surface area contributed by atoms with Crippen LogP contribution in [-0.4, -0.2) is 34.5 Å². The van der Waals surface area contributed by atoms with E-state index in [2.05, 4.69) is 0 Å². The highest BCUT2D eigenvalue weighted by molar-refractivity contribution is 6.19. The average Bonchev–Trinajstić information content (AvgIpc) is 2.38. The summed E-state index contributed by atoms with van der Waals surface area (Å²) in [4.78, 5) is 22.5. The van der Waals surface area contributed by atoms with Crippen LogP contribution in [0.15, 0.2) is 18.2 Å². The number of aliphatic hydroxyl groups excluding tert-OH is 1. The first kappa shape index (κ1) is 15.5. The van der Waals surface area contributed by atoms with E-state index in [1.165, 1.54) is 18.2 Å². The maximum atomic E-state index is 11.7. The van der Waals surface area contributed by atoms with Crippen LogP contribution in [0.2, 0.25) is 0 Å². The van der Waals surface area contributed by atoms with Gasteiger partial charge in [0.25, 0.3) is 0 Å². The van der Waals surface area contributed by atoms with Gasteiger partial charge in [0.05, 0.1) is 6.61 Å². The van der Waals surface area contributed by atoms with Gasteiger partial charge in [0, 0.05) is 23.4 Å². The number of alkyl halides is 1. The minimum absolute atomic E-state index is 0.122. The molecular weight excluding hydrogens is 272 g/mol. The van der Waals surface area contributed by atoms with Crippen molar-refractivity contribution in [1.29, 1.82) is 0 Å². The van der Waals surface area contributed by atoms with E-state index in [9.17, 15) is 14.7 Å². The number of hydrogen-bond donors (Lipinski definition) is 2. The summed E-state index contributed by atoms with van der Waals surface area (Å²) in [6.07, 6.45) is -1.49. The molecule has 1 aromatic rings. The van der Waals surface area contributed by atoms with Crippen molar-refractivity contribution in [2.24, 2.45) is 0 Å². The van der Waals surface area contributed by atoms with Crippen molar-refractivity contribution in [2.45, 2.75) is 19.4 Å². The molecule has 0 aliphatic carbocycles. The van der Waals surface area contributed by atoms with Gasteiger partial charge in [-0.1, -0.05) is 12.1 Å². The minimum Gasteiger partial charge on any atom is -0.493 e. The molecule has 1 atom stereocenters. The van der Waals surface area contributed by atoms with Crippen LogP contribution < -0.4 is 4.74 Å². The Bertz CT molecular complexity index is 472. The van der Waals surface area contributed by atoms with Gasteiger partial charge in [-0.15, -0.1) is 11.6 Å². The molecule has 1 aromatic carbocycles. The molecule has 5 nitrogen and oxygen atoms in total. The first-order chi connectivity index (χ1) is 9.01. The van der Waals surface area contributed by atoms with Gasteiger partial charge >= 0.3 is 5.97 Å². The summed E-state index contributed by atoms with van der Waals surface area (Å²) < 4.78 is 5.27. The number of Topliss-reactive ketones (excluding diaryl/α,β-unsaturated/α-hetero) is 1. The van der Waals surface area contributed by atoms with Crippen molar-refractivity contribution in [1.82, 2.24) is 0 Å². The van der Waals surface area contributed by atoms with E-state index < -0.39 is 12.1 Å². The fraction of sp³-hybridized carbons (Fsp3) is 0.385. The van der Waals surface area contributed by atoms with Crippen LogP contribution in [0, 0.1) is 0 Å². The lowest BCUT2D eigenvalue weighted by atomic mass is 10.0. The molecule has 0 saturated heterocycles. The van der Waals surface area contributed by atoms with Crippen molar-refractivity contribution >= 4 is 23.4 Å². The van der Waals surface area contributed by atoms with Crippen LogP contribution >= 0.6 is 11.6 Å². The molecule has 0 aromatic heterocycles. The van der Waals surface area contributed by atoms with Gasteiger partial charge in [0.1, 0.15) is 5.75 Å². The third-order valence-electron chi connectivity index (χ3n) is 2.49. The van der Waals surface area contributed by atoms with Crippen LogP contribution in [0.3, 0.4) is 0 Å². The van der Waals surface area contributed by atoms with Crippen LogP contribution in [0.5, 0.6) is 5.75 Å². The molecule has 19 heavy (non-hydrogen) atoms. The number of carbonyl (C=O) groups excluding carboxylic acids is 1. The number of hydrogen-bond acceptors (Lipinski definition) is 4. The number of ether oxygens (including phenoxy) is 1. The molecule has 0 saturated carbocycles. The maximum absolute atomic E-state index is 11.7. The van der Waals surface area contributed by atoms with Gasteiger partial charge in [-0.05, 0) is 13.0 Å². The second-order valence-corrected chi connectivity index (χ2v) is 4.17. The van der Waals surface area contributed by atoms with Crippen LogP contribution in [0.1, 0.15) is 35.4 Å². The number of rotatable bonds is 7. The standard InChI is InChI=1S/C13H15ClO5/c1-2-19-11-7-8(10(15)5-6-14)3-4-9(11)12(16)13(17)18/h3-4,7,12,16H,2,5-6H2,1H3,(H,17,18). The SMILES string of the molecule is CCOc1cc(C(=O)CCCl)ccc1C(O)C(=O)O. The number of ketones is 1. The lowest BCUT2D eigenvalue weighted by molar-refractivity contribution is -0.147. The predicted molar refractivity (Wildman–Crippen MR) is 69.9 cm³/mol. The number of carbonyl (C=O) groups is 2. The number of aliphatic hydroxyl groups is 1. The minimum atomic E-state index is -1.68. The number of benzene rings is 1. The number of aliphatic carboxylic acids is 1. The summed E-state index contributed by atoms with van der Waals surface area (Å²) in [7, 11) is 0. The Morgan fingerprint density at radius 1 is 1.42 bits per heavy atom. The molecule has 0 amide bonds. The van der Waals surface area contributed by atoms with Gasteiger partial charge < -0.3 is 14.9 Å². The third kappa shape index (κ3) is 3.94. The first-order valence-corrected chi connectivity index (χ1v) is 6.31. The average molecular weight is 287 g/mol. The third-order valence-corrected chi connectivity index (χ3v) is 2.67. The Balaban J connectivity index is 3.14. The Kier molecular flexibility index (Phi) is 5.79. The maximum Gasteiger partial charge on any atom is 0.337 e.